The molecule has 0 saturated heterocycles. The molecule has 1 heterocycles. The average Bonchev–Trinajstić information content (AvgIpc) is 2.46. The van der Waals surface area contributed by atoms with Gasteiger partial charge in [-0.25, -0.2) is 4.39 Å². The number of nitrogens with one attached hydrogen (secondary N) is 1. The lowest BCUT2D eigenvalue weighted by molar-refractivity contribution is 0.399. The molecule has 2 aromatic rings. The summed E-state index contributed by atoms with van der Waals surface area (Å²) in [5.74, 6) is 0.431. The zero-order valence-corrected chi connectivity index (χ0v) is 11.1. The number of pyridine rings is 1. The van der Waals surface area contributed by atoms with Crippen LogP contribution in [-0.2, 0) is 6.42 Å². The first kappa shape index (κ1) is 13.5. The highest BCUT2D eigenvalue weighted by Crippen LogP contribution is 2.28. The molecule has 1 atom stereocenters. The molecule has 0 radical (unpaired) electrons. The third-order valence-corrected chi connectivity index (χ3v) is 3.10. The Morgan fingerprint density at radius 1 is 1.26 bits per heavy atom. The summed E-state index contributed by atoms with van der Waals surface area (Å²) in [6.45, 7) is 0. The predicted molar refractivity (Wildman–Crippen MR) is 72.7 cm³/mol. The molecule has 0 spiro atoms. The summed E-state index contributed by atoms with van der Waals surface area (Å²) in [6, 6.07) is 8.48. The SMILES string of the molecule is CNC(Cc1ccncc1)c1cc(F)ccc1OC. The van der Waals surface area contributed by atoms with E-state index in [2.05, 4.69) is 10.3 Å². The highest BCUT2D eigenvalue weighted by atomic mass is 19.1. The molecule has 19 heavy (non-hydrogen) atoms. The van der Waals surface area contributed by atoms with E-state index in [1.54, 1.807) is 25.6 Å². The van der Waals surface area contributed by atoms with Crippen LogP contribution in [0.3, 0.4) is 0 Å². The lowest BCUT2D eigenvalue weighted by atomic mass is 9.98. The number of rotatable bonds is 5. The second-order valence-corrected chi connectivity index (χ2v) is 4.29. The Labute approximate surface area is 112 Å². The van der Waals surface area contributed by atoms with Crippen molar-refractivity contribution in [1.82, 2.24) is 10.3 Å². The van der Waals surface area contributed by atoms with Crippen molar-refractivity contribution >= 4 is 0 Å². The molecule has 0 aliphatic carbocycles. The van der Waals surface area contributed by atoms with E-state index < -0.39 is 0 Å². The van der Waals surface area contributed by atoms with E-state index in [1.807, 2.05) is 19.2 Å². The second kappa shape index (κ2) is 6.29. The summed E-state index contributed by atoms with van der Waals surface area (Å²) in [5, 5.41) is 3.20. The third kappa shape index (κ3) is 3.29. The first-order chi connectivity index (χ1) is 9.24. The number of hydrogen-bond donors (Lipinski definition) is 1. The number of benzene rings is 1. The predicted octanol–water partition coefficient (Wildman–Crippen LogP) is 2.73. The van der Waals surface area contributed by atoms with Gasteiger partial charge in [-0.3, -0.25) is 4.98 Å². The molecule has 0 aliphatic heterocycles. The Morgan fingerprint density at radius 3 is 2.63 bits per heavy atom. The standard InChI is InChI=1S/C15H17FN2O/c1-17-14(9-11-5-7-18-8-6-11)13-10-12(16)3-4-15(13)19-2/h3-8,10,14,17H,9H2,1-2H3. The molecule has 2 rings (SSSR count). The van der Waals surface area contributed by atoms with Gasteiger partial charge >= 0.3 is 0 Å². The van der Waals surface area contributed by atoms with Crippen LogP contribution in [0.15, 0.2) is 42.7 Å². The van der Waals surface area contributed by atoms with Crippen molar-refractivity contribution in [1.29, 1.82) is 0 Å². The third-order valence-electron chi connectivity index (χ3n) is 3.10. The van der Waals surface area contributed by atoms with Gasteiger partial charge in [-0.15, -0.1) is 0 Å². The molecule has 1 N–H and O–H groups in total. The van der Waals surface area contributed by atoms with Crippen molar-refractivity contribution in [2.75, 3.05) is 14.2 Å². The van der Waals surface area contributed by atoms with Gasteiger partial charge in [0.1, 0.15) is 11.6 Å². The monoisotopic (exact) mass is 260 g/mol. The molecule has 0 amide bonds. The van der Waals surface area contributed by atoms with Crippen LogP contribution in [0.5, 0.6) is 5.75 Å². The average molecular weight is 260 g/mol. The normalized spacial score (nSPS) is 12.2. The minimum absolute atomic E-state index is 0.00644. The maximum atomic E-state index is 13.4. The van der Waals surface area contributed by atoms with Crippen LogP contribution in [0, 0.1) is 5.82 Å². The fraction of sp³-hybridized carbons (Fsp3) is 0.267. The van der Waals surface area contributed by atoms with Crippen molar-refractivity contribution in [3.05, 3.63) is 59.7 Å². The zero-order chi connectivity index (χ0) is 13.7. The van der Waals surface area contributed by atoms with Gasteiger partial charge in [-0.1, -0.05) is 0 Å². The van der Waals surface area contributed by atoms with Gasteiger partial charge in [0.2, 0.25) is 0 Å². The van der Waals surface area contributed by atoms with Crippen LogP contribution in [0.2, 0.25) is 0 Å². The number of nitrogens with zero attached hydrogens (tertiary/aromatic N) is 1. The molecule has 0 saturated carbocycles. The van der Waals surface area contributed by atoms with Crippen LogP contribution >= 0.6 is 0 Å². The Kier molecular flexibility index (Phi) is 4.47. The van der Waals surface area contributed by atoms with Crippen molar-refractivity contribution < 1.29 is 9.13 Å². The van der Waals surface area contributed by atoms with Crippen LogP contribution in [0.4, 0.5) is 4.39 Å². The molecular weight excluding hydrogens is 243 g/mol. The highest BCUT2D eigenvalue weighted by Gasteiger charge is 2.15. The summed E-state index contributed by atoms with van der Waals surface area (Å²) in [4.78, 5) is 3.99. The Bertz CT molecular complexity index is 531. The van der Waals surface area contributed by atoms with Gasteiger partial charge in [0.05, 0.1) is 7.11 Å². The van der Waals surface area contributed by atoms with Crippen LogP contribution in [0.1, 0.15) is 17.2 Å². The summed E-state index contributed by atoms with van der Waals surface area (Å²) in [7, 11) is 3.45. The van der Waals surface area contributed by atoms with Gasteiger partial charge in [0.25, 0.3) is 0 Å². The smallest absolute Gasteiger partial charge is 0.123 e. The van der Waals surface area contributed by atoms with Gasteiger partial charge in [0, 0.05) is 24.0 Å². The van der Waals surface area contributed by atoms with E-state index in [4.69, 9.17) is 4.74 Å². The number of ether oxygens (including phenoxy) is 1. The van der Waals surface area contributed by atoms with Crippen LogP contribution in [0.25, 0.3) is 0 Å². The molecule has 1 aromatic heterocycles. The van der Waals surface area contributed by atoms with Crippen LogP contribution < -0.4 is 10.1 Å². The van der Waals surface area contributed by atoms with E-state index in [1.165, 1.54) is 12.1 Å². The quantitative estimate of drug-likeness (QED) is 0.897. The summed E-state index contributed by atoms with van der Waals surface area (Å²) in [5.41, 5.74) is 1.96. The highest BCUT2D eigenvalue weighted by molar-refractivity contribution is 5.37. The topological polar surface area (TPSA) is 34.2 Å². The number of hydrogen-bond acceptors (Lipinski definition) is 3. The minimum Gasteiger partial charge on any atom is -0.496 e. The molecule has 1 aromatic carbocycles. The number of likely N-dealkylation sites (N-methyl/N-ethyl adjacent to an activating group) is 1. The summed E-state index contributed by atoms with van der Waals surface area (Å²) in [6.07, 6.45) is 4.26. The van der Waals surface area contributed by atoms with Crippen molar-refractivity contribution in [3.8, 4) is 5.75 Å². The molecule has 100 valence electrons. The van der Waals surface area contributed by atoms with E-state index in [-0.39, 0.29) is 11.9 Å². The summed E-state index contributed by atoms with van der Waals surface area (Å²) < 4.78 is 18.7. The fourth-order valence-corrected chi connectivity index (χ4v) is 2.10. The maximum absolute atomic E-state index is 13.4. The van der Waals surface area contributed by atoms with Crippen molar-refractivity contribution in [3.63, 3.8) is 0 Å². The molecule has 0 bridgehead atoms. The second-order valence-electron chi connectivity index (χ2n) is 4.29. The molecule has 1 unspecified atom stereocenters. The molecule has 4 heteroatoms. The lowest BCUT2D eigenvalue weighted by Crippen LogP contribution is -2.19. The first-order valence-corrected chi connectivity index (χ1v) is 6.14. The molecule has 3 nitrogen and oxygen atoms in total. The van der Waals surface area contributed by atoms with Crippen molar-refractivity contribution in [2.45, 2.75) is 12.5 Å². The van der Waals surface area contributed by atoms with E-state index in [9.17, 15) is 4.39 Å². The summed E-state index contributed by atoms with van der Waals surface area (Å²) >= 11 is 0. The lowest BCUT2D eigenvalue weighted by Gasteiger charge is -2.19. The van der Waals surface area contributed by atoms with Crippen molar-refractivity contribution in [2.24, 2.45) is 0 Å². The Morgan fingerprint density at radius 2 is 2.00 bits per heavy atom. The fourth-order valence-electron chi connectivity index (χ4n) is 2.10. The van der Waals surface area contributed by atoms with Gasteiger partial charge in [-0.05, 0) is 49.4 Å². The zero-order valence-electron chi connectivity index (χ0n) is 11.1. The molecular formula is C15H17FN2O. The van der Waals surface area contributed by atoms with E-state index in [0.717, 1.165) is 17.5 Å². The largest absolute Gasteiger partial charge is 0.496 e. The first-order valence-electron chi connectivity index (χ1n) is 6.14. The van der Waals surface area contributed by atoms with Gasteiger partial charge in [0.15, 0.2) is 0 Å². The van der Waals surface area contributed by atoms with Gasteiger partial charge < -0.3 is 10.1 Å². The number of methoxy groups -OCH3 is 1. The Balaban J connectivity index is 2.29. The van der Waals surface area contributed by atoms with Crippen LogP contribution in [-0.4, -0.2) is 19.1 Å². The minimum atomic E-state index is -0.259. The van der Waals surface area contributed by atoms with E-state index >= 15 is 0 Å². The number of aromatic nitrogens is 1. The Hall–Kier alpha value is -1.94. The molecule has 0 aliphatic rings. The number of halogens is 1. The van der Waals surface area contributed by atoms with E-state index in [0.29, 0.717) is 5.75 Å². The molecule has 0 fully saturated rings. The van der Waals surface area contributed by atoms with Gasteiger partial charge in [-0.2, -0.15) is 0 Å². The maximum Gasteiger partial charge on any atom is 0.123 e.